The van der Waals surface area contributed by atoms with Crippen LogP contribution in [0.3, 0.4) is 0 Å². The van der Waals surface area contributed by atoms with Gasteiger partial charge in [-0.25, -0.2) is 13.4 Å². The summed E-state index contributed by atoms with van der Waals surface area (Å²) in [6.45, 7) is 5.00. The molecule has 0 spiro atoms. The standard InChI is InChI=1S/C16H22ClN7O3S/c1-2-28(26,27)24-7-5-22(6-8-24)4-3-18-16(25)13-9-14(17)15(19-10-13)23-11-20-21-12-23/h9-12H,2-8H2,1H3,(H,18,25). The minimum atomic E-state index is -3.13. The van der Waals surface area contributed by atoms with Crippen molar-refractivity contribution in [2.24, 2.45) is 0 Å². The minimum absolute atomic E-state index is 0.121. The first-order valence-electron chi connectivity index (χ1n) is 8.89. The molecule has 1 N–H and O–H groups in total. The van der Waals surface area contributed by atoms with E-state index in [1.54, 1.807) is 17.6 Å². The van der Waals surface area contributed by atoms with Gasteiger partial charge in [0.25, 0.3) is 5.91 Å². The van der Waals surface area contributed by atoms with E-state index in [1.807, 2.05) is 0 Å². The van der Waals surface area contributed by atoms with Gasteiger partial charge < -0.3 is 5.32 Å². The van der Waals surface area contributed by atoms with Crippen LogP contribution in [0.4, 0.5) is 0 Å². The highest BCUT2D eigenvalue weighted by molar-refractivity contribution is 7.89. The molecular weight excluding hydrogens is 406 g/mol. The van der Waals surface area contributed by atoms with Crippen molar-refractivity contribution in [3.63, 3.8) is 0 Å². The molecule has 0 unspecified atom stereocenters. The summed E-state index contributed by atoms with van der Waals surface area (Å²) >= 11 is 6.20. The fraction of sp³-hybridized carbons (Fsp3) is 0.500. The number of amides is 1. The molecule has 0 saturated carbocycles. The molecule has 1 fully saturated rings. The maximum absolute atomic E-state index is 12.3. The molecule has 0 aliphatic carbocycles. The topological polar surface area (TPSA) is 113 Å². The van der Waals surface area contributed by atoms with Crippen molar-refractivity contribution in [1.29, 1.82) is 0 Å². The fourth-order valence-electron chi connectivity index (χ4n) is 2.90. The van der Waals surface area contributed by atoms with Crippen LogP contribution in [0.25, 0.3) is 5.82 Å². The van der Waals surface area contributed by atoms with Crippen LogP contribution in [0, 0.1) is 0 Å². The van der Waals surface area contributed by atoms with Crippen LogP contribution in [0.1, 0.15) is 17.3 Å². The van der Waals surface area contributed by atoms with Gasteiger partial charge in [-0.3, -0.25) is 14.3 Å². The zero-order valence-corrected chi connectivity index (χ0v) is 17.0. The summed E-state index contributed by atoms with van der Waals surface area (Å²) < 4.78 is 26.8. The van der Waals surface area contributed by atoms with Crippen LogP contribution in [-0.2, 0) is 10.0 Å². The molecule has 152 valence electrons. The summed E-state index contributed by atoms with van der Waals surface area (Å²) in [7, 11) is -3.13. The third kappa shape index (κ3) is 4.85. The second-order valence-electron chi connectivity index (χ2n) is 6.30. The van der Waals surface area contributed by atoms with Gasteiger partial charge in [0.05, 0.1) is 16.3 Å². The highest BCUT2D eigenvalue weighted by Crippen LogP contribution is 2.18. The van der Waals surface area contributed by atoms with E-state index in [1.165, 1.54) is 23.2 Å². The Hall–Kier alpha value is -2.08. The lowest BCUT2D eigenvalue weighted by atomic mass is 10.2. The normalized spacial score (nSPS) is 16.2. The van der Waals surface area contributed by atoms with E-state index in [0.717, 1.165) is 0 Å². The van der Waals surface area contributed by atoms with Crippen molar-refractivity contribution in [1.82, 2.24) is 34.3 Å². The van der Waals surface area contributed by atoms with E-state index in [9.17, 15) is 13.2 Å². The van der Waals surface area contributed by atoms with Crippen LogP contribution in [0.2, 0.25) is 5.02 Å². The summed E-state index contributed by atoms with van der Waals surface area (Å²) in [5.74, 6) is 0.301. The predicted octanol–water partition coefficient (Wildman–Crippen LogP) is 0.0128. The van der Waals surface area contributed by atoms with Crippen LogP contribution in [0.15, 0.2) is 24.9 Å². The van der Waals surface area contributed by atoms with Gasteiger partial charge in [-0.1, -0.05) is 11.6 Å². The first-order valence-corrected chi connectivity index (χ1v) is 10.9. The molecule has 2 aromatic heterocycles. The number of hydrogen-bond acceptors (Lipinski definition) is 7. The second kappa shape index (κ2) is 8.95. The van der Waals surface area contributed by atoms with Crippen molar-refractivity contribution < 1.29 is 13.2 Å². The summed E-state index contributed by atoms with van der Waals surface area (Å²) in [4.78, 5) is 18.6. The quantitative estimate of drug-likeness (QED) is 0.662. The van der Waals surface area contributed by atoms with Crippen molar-refractivity contribution in [2.75, 3.05) is 45.0 Å². The Kier molecular flexibility index (Phi) is 6.60. The van der Waals surface area contributed by atoms with Crippen LogP contribution in [0.5, 0.6) is 0 Å². The second-order valence-corrected chi connectivity index (χ2v) is 8.96. The monoisotopic (exact) mass is 427 g/mol. The smallest absolute Gasteiger partial charge is 0.252 e. The van der Waals surface area contributed by atoms with E-state index >= 15 is 0 Å². The van der Waals surface area contributed by atoms with Gasteiger partial charge in [0.15, 0.2) is 5.82 Å². The molecule has 10 nitrogen and oxygen atoms in total. The van der Waals surface area contributed by atoms with Gasteiger partial charge in [-0.05, 0) is 13.0 Å². The highest BCUT2D eigenvalue weighted by atomic mass is 35.5. The third-order valence-electron chi connectivity index (χ3n) is 4.55. The summed E-state index contributed by atoms with van der Waals surface area (Å²) in [5.41, 5.74) is 0.362. The van der Waals surface area contributed by atoms with E-state index in [0.29, 0.717) is 55.7 Å². The maximum Gasteiger partial charge on any atom is 0.252 e. The minimum Gasteiger partial charge on any atom is -0.351 e. The average molecular weight is 428 g/mol. The van der Waals surface area contributed by atoms with Crippen LogP contribution in [-0.4, -0.2) is 88.3 Å². The molecule has 3 heterocycles. The molecule has 0 radical (unpaired) electrons. The van der Waals surface area contributed by atoms with Crippen molar-refractivity contribution in [3.8, 4) is 5.82 Å². The molecule has 1 aliphatic rings. The number of rotatable bonds is 7. The molecule has 3 rings (SSSR count). The average Bonchev–Trinajstić information content (AvgIpc) is 3.22. The molecule has 0 atom stereocenters. The van der Waals surface area contributed by atoms with Crippen LogP contribution >= 0.6 is 11.6 Å². The molecule has 0 bridgehead atoms. The Labute approximate surface area is 168 Å². The fourth-order valence-corrected chi connectivity index (χ4v) is 4.25. The maximum atomic E-state index is 12.3. The first-order chi connectivity index (χ1) is 13.4. The lowest BCUT2D eigenvalue weighted by molar-refractivity contribution is 0.0944. The Morgan fingerprint density at radius 3 is 2.50 bits per heavy atom. The Bertz CT molecular complexity index is 912. The highest BCUT2D eigenvalue weighted by Gasteiger charge is 2.25. The number of nitrogens with one attached hydrogen (secondary N) is 1. The molecule has 2 aromatic rings. The van der Waals surface area contributed by atoms with Gasteiger partial charge in [0.2, 0.25) is 10.0 Å². The van der Waals surface area contributed by atoms with E-state index < -0.39 is 10.0 Å². The van der Waals surface area contributed by atoms with Gasteiger partial charge in [0, 0.05) is 45.5 Å². The molecule has 1 amide bonds. The Morgan fingerprint density at radius 2 is 1.89 bits per heavy atom. The van der Waals surface area contributed by atoms with Gasteiger partial charge in [-0.2, -0.15) is 4.31 Å². The molecule has 1 aliphatic heterocycles. The van der Waals surface area contributed by atoms with Gasteiger partial charge in [-0.15, -0.1) is 10.2 Å². The summed E-state index contributed by atoms with van der Waals surface area (Å²) in [6.07, 6.45) is 4.39. The zero-order valence-electron chi connectivity index (χ0n) is 15.5. The number of aromatic nitrogens is 4. The molecular formula is C16H22ClN7O3S. The van der Waals surface area contributed by atoms with Crippen molar-refractivity contribution in [3.05, 3.63) is 35.5 Å². The van der Waals surface area contributed by atoms with Crippen LogP contribution < -0.4 is 5.32 Å². The van der Waals surface area contributed by atoms with E-state index in [-0.39, 0.29) is 11.7 Å². The molecule has 0 aromatic carbocycles. The summed E-state index contributed by atoms with van der Waals surface area (Å²) in [5, 5.41) is 10.6. The van der Waals surface area contributed by atoms with E-state index in [4.69, 9.17) is 11.6 Å². The number of carbonyl (C=O) groups is 1. The molecule has 28 heavy (non-hydrogen) atoms. The van der Waals surface area contributed by atoms with Gasteiger partial charge in [0.1, 0.15) is 12.7 Å². The molecule has 1 saturated heterocycles. The number of sulfonamides is 1. The number of carbonyl (C=O) groups excluding carboxylic acids is 1. The summed E-state index contributed by atoms with van der Waals surface area (Å²) in [6, 6.07) is 1.55. The number of piperazine rings is 1. The van der Waals surface area contributed by atoms with Crippen molar-refractivity contribution in [2.45, 2.75) is 6.92 Å². The largest absolute Gasteiger partial charge is 0.351 e. The SMILES string of the molecule is CCS(=O)(=O)N1CCN(CCNC(=O)c2cnc(-n3cnnc3)c(Cl)c2)CC1. The van der Waals surface area contributed by atoms with Crippen molar-refractivity contribution >= 4 is 27.5 Å². The number of pyridine rings is 1. The lowest BCUT2D eigenvalue weighted by Crippen LogP contribution is -2.50. The molecule has 12 heteroatoms. The predicted molar refractivity (Wildman–Crippen MR) is 104 cm³/mol. The number of halogens is 1. The van der Waals surface area contributed by atoms with Gasteiger partial charge >= 0.3 is 0 Å². The third-order valence-corrected chi connectivity index (χ3v) is 6.71. The number of hydrogen-bond donors (Lipinski definition) is 1. The zero-order chi connectivity index (χ0) is 20.1. The van der Waals surface area contributed by atoms with E-state index in [2.05, 4.69) is 25.4 Å². The Balaban J connectivity index is 1.47. The number of nitrogens with zero attached hydrogens (tertiary/aromatic N) is 6. The lowest BCUT2D eigenvalue weighted by Gasteiger charge is -2.33. The Morgan fingerprint density at radius 1 is 1.21 bits per heavy atom. The first kappa shape index (κ1) is 20.6.